The van der Waals surface area contributed by atoms with Crippen LogP contribution in [0.2, 0.25) is 0 Å². The van der Waals surface area contributed by atoms with Crippen LogP contribution in [0.5, 0.6) is 0 Å². The maximum Gasteiger partial charge on any atom is 0.253 e. The van der Waals surface area contributed by atoms with Crippen LogP contribution in [0, 0.1) is 13.8 Å². The predicted molar refractivity (Wildman–Crippen MR) is 116 cm³/mol. The number of benzene rings is 1. The molecule has 0 saturated heterocycles. The molecule has 0 aliphatic carbocycles. The van der Waals surface area contributed by atoms with Gasteiger partial charge in [0.15, 0.2) is 0 Å². The molecule has 0 unspecified atom stereocenters. The van der Waals surface area contributed by atoms with Gasteiger partial charge in [-0.2, -0.15) is 10.1 Å². The van der Waals surface area contributed by atoms with Gasteiger partial charge in [0.25, 0.3) is 5.78 Å². The third kappa shape index (κ3) is 4.20. The fraction of sp³-hybridized carbons (Fsp3) is 0.286. The molecule has 30 heavy (non-hydrogen) atoms. The van der Waals surface area contributed by atoms with Crippen molar-refractivity contribution in [3.8, 4) is 5.69 Å². The molecule has 1 aromatic carbocycles. The lowest BCUT2D eigenvalue weighted by Gasteiger charge is -2.10. The average molecular weight is 422 g/mol. The van der Waals surface area contributed by atoms with Gasteiger partial charge >= 0.3 is 0 Å². The van der Waals surface area contributed by atoms with Crippen LogP contribution in [0.15, 0.2) is 47.9 Å². The van der Waals surface area contributed by atoms with E-state index in [9.17, 15) is 4.79 Å². The van der Waals surface area contributed by atoms with Crippen molar-refractivity contribution >= 4 is 23.4 Å². The van der Waals surface area contributed by atoms with Crippen LogP contribution in [-0.4, -0.2) is 48.1 Å². The topological polar surface area (TPSA) is 90.0 Å². The van der Waals surface area contributed by atoms with Crippen LogP contribution in [-0.2, 0) is 17.6 Å². The molecule has 4 aromatic rings. The highest BCUT2D eigenvalue weighted by molar-refractivity contribution is 7.98. The van der Waals surface area contributed by atoms with Crippen molar-refractivity contribution in [3.63, 3.8) is 0 Å². The Balaban J connectivity index is 1.37. The van der Waals surface area contributed by atoms with E-state index in [-0.39, 0.29) is 12.3 Å². The SMILES string of the molecule is CSc1nc2nc(C)c(CC(=O)NCCc3cnn(-c4ccccc4)c3)c(C)n2n1. The van der Waals surface area contributed by atoms with Gasteiger partial charge in [-0.25, -0.2) is 14.2 Å². The van der Waals surface area contributed by atoms with Crippen molar-refractivity contribution in [2.24, 2.45) is 0 Å². The lowest BCUT2D eigenvalue weighted by molar-refractivity contribution is -0.120. The zero-order chi connectivity index (χ0) is 21.1. The molecule has 9 heteroatoms. The zero-order valence-electron chi connectivity index (χ0n) is 17.2. The average Bonchev–Trinajstić information content (AvgIpc) is 3.39. The molecule has 0 radical (unpaired) electrons. The molecule has 0 fully saturated rings. The van der Waals surface area contributed by atoms with E-state index < -0.39 is 0 Å². The summed E-state index contributed by atoms with van der Waals surface area (Å²) in [6, 6.07) is 9.95. The Hall–Kier alpha value is -3.20. The van der Waals surface area contributed by atoms with Gasteiger partial charge < -0.3 is 5.32 Å². The second-order valence-electron chi connectivity index (χ2n) is 6.98. The minimum atomic E-state index is -0.0389. The van der Waals surface area contributed by atoms with E-state index in [1.807, 2.05) is 67.5 Å². The number of carbonyl (C=O) groups excluding carboxylic acids is 1. The van der Waals surface area contributed by atoms with E-state index in [0.717, 1.165) is 28.2 Å². The van der Waals surface area contributed by atoms with Gasteiger partial charge in [-0.3, -0.25) is 4.79 Å². The third-order valence-corrected chi connectivity index (χ3v) is 5.48. The van der Waals surface area contributed by atoms with Gasteiger partial charge in [0.1, 0.15) is 0 Å². The number of hydrogen-bond acceptors (Lipinski definition) is 6. The molecule has 154 valence electrons. The van der Waals surface area contributed by atoms with Gasteiger partial charge in [-0.1, -0.05) is 30.0 Å². The number of fused-ring (bicyclic) bond motifs is 1. The van der Waals surface area contributed by atoms with E-state index in [0.29, 0.717) is 23.9 Å². The summed E-state index contributed by atoms with van der Waals surface area (Å²) in [7, 11) is 0. The molecule has 0 saturated carbocycles. The predicted octanol–water partition coefficient (Wildman–Crippen LogP) is 2.55. The van der Waals surface area contributed by atoms with Crippen LogP contribution >= 0.6 is 11.8 Å². The second-order valence-corrected chi connectivity index (χ2v) is 7.75. The van der Waals surface area contributed by atoms with Gasteiger partial charge in [0.2, 0.25) is 11.1 Å². The number of amides is 1. The first kappa shape index (κ1) is 20.1. The molecule has 3 heterocycles. The van der Waals surface area contributed by atoms with Crippen LogP contribution < -0.4 is 5.32 Å². The van der Waals surface area contributed by atoms with E-state index in [1.54, 1.807) is 4.52 Å². The Bertz CT molecular complexity index is 1180. The summed E-state index contributed by atoms with van der Waals surface area (Å²) >= 11 is 1.47. The summed E-state index contributed by atoms with van der Waals surface area (Å²) in [5, 5.41) is 12.5. The molecular formula is C21H23N7OS. The van der Waals surface area contributed by atoms with E-state index in [1.165, 1.54) is 11.8 Å². The molecule has 3 aromatic heterocycles. The van der Waals surface area contributed by atoms with Crippen molar-refractivity contribution in [3.05, 3.63) is 65.2 Å². The molecule has 4 rings (SSSR count). The normalized spacial score (nSPS) is 11.2. The molecule has 0 atom stereocenters. The number of hydrogen-bond donors (Lipinski definition) is 1. The van der Waals surface area contributed by atoms with Crippen molar-refractivity contribution in [1.29, 1.82) is 0 Å². The smallest absolute Gasteiger partial charge is 0.253 e. The van der Waals surface area contributed by atoms with Gasteiger partial charge in [0, 0.05) is 29.7 Å². The lowest BCUT2D eigenvalue weighted by Crippen LogP contribution is -2.28. The summed E-state index contributed by atoms with van der Waals surface area (Å²) in [4.78, 5) is 21.4. The Kier molecular flexibility index (Phi) is 5.80. The van der Waals surface area contributed by atoms with Gasteiger partial charge in [-0.05, 0) is 44.2 Å². The standard InChI is InChI=1S/C21H23N7OS/c1-14-18(15(2)28-20(24-14)25-21(26-28)30-3)11-19(29)22-10-9-16-12-23-27(13-16)17-7-5-4-6-8-17/h4-8,12-13H,9-11H2,1-3H3,(H,22,29). The van der Waals surface area contributed by atoms with Crippen molar-refractivity contribution in [2.45, 2.75) is 31.8 Å². The highest BCUT2D eigenvalue weighted by Crippen LogP contribution is 2.17. The summed E-state index contributed by atoms with van der Waals surface area (Å²) in [6.07, 6.45) is 6.72. The number of aryl methyl sites for hydroxylation is 2. The Labute approximate surface area is 178 Å². The van der Waals surface area contributed by atoms with E-state index in [2.05, 4.69) is 25.5 Å². The Morgan fingerprint density at radius 3 is 2.73 bits per heavy atom. The summed E-state index contributed by atoms with van der Waals surface area (Å²) < 4.78 is 3.55. The number of aromatic nitrogens is 6. The van der Waals surface area contributed by atoms with Crippen molar-refractivity contribution < 1.29 is 4.79 Å². The minimum Gasteiger partial charge on any atom is -0.355 e. The largest absolute Gasteiger partial charge is 0.355 e. The molecule has 0 aliphatic rings. The number of thioether (sulfide) groups is 1. The second kappa shape index (κ2) is 8.66. The maximum atomic E-state index is 12.5. The fourth-order valence-corrected chi connectivity index (χ4v) is 3.65. The Morgan fingerprint density at radius 2 is 1.97 bits per heavy atom. The third-order valence-electron chi connectivity index (χ3n) is 4.94. The zero-order valence-corrected chi connectivity index (χ0v) is 18.0. The molecule has 0 aliphatic heterocycles. The van der Waals surface area contributed by atoms with Crippen LogP contribution in [0.25, 0.3) is 11.5 Å². The monoisotopic (exact) mass is 421 g/mol. The quantitative estimate of drug-likeness (QED) is 0.461. The minimum absolute atomic E-state index is 0.0389. The molecule has 8 nitrogen and oxygen atoms in total. The van der Waals surface area contributed by atoms with Crippen LogP contribution in [0.4, 0.5) is 0 Å². The maximum absolute atomic E-state index is 12.5. The fourth-order valence-electron chi connectivity index (χ4n) is 3.31. The number of para-hydroxylation sites is 1. The molecule has 1 amide bonds. The molecular weight excluding hydrogens is 398 g/mol. The van der Waals surface area contributed by atoms with Crippen LogP contribution in [0.1, 0.15) is 22.5 Å². The molecule has 1 N–H and O–H groups in total. The first-order chi connectivity index (χ1) is 14.5. The van der Waals surface area contributed by atoms with E-state index >= 15 is 0 Å². The van der Waals surface area contributed by atoms with Crippen molar-refractivity contribution in [2.75, 3.05) is 12.8 Å². The highest BCUT2D eigenvalue weighted by atomic mass is 32.2. The van der Waals surface area contributed by atoms with Gasteiger partial charge in [0.05, 0.1) is 18.3 Å². The summed E-state index contributed by atoms with van der Waals surface area (Å²) in [5.41, 5.74) is 4.67. The number of carbonyl (C=O) groups is 1. The first-order valence-corrected chi connectivity index (χ1v) is 10.9. The van der Waals surface area contributed by atoms with E-state index in [4.69, 9.17) is 0 Å². The number of nitrogens with zero attached hydrogens (tertiary/aromatic N) is 6. The summed E-state index contributed by atoms with van der Waals surface area (Å²) in [6.45, 7) is 4.40. The highest BCUT2D eigenvalue weighted by Gasteiger charge is 2.15. The van der Waals surface area contributed by atoms with Gasteiger partial charge in [-0.15, -0.1) is 5.10 Å². The first-order valence-electron chi connectivity index (χ1n) is 9.67. The molecule has 0 bridgehead atoms. The number of rotatable bonds is 7. The summed E-state index contributed by atoms with van der Waals surface area (Å²) in [5.74, 6) is 0.525. The van der Waals surface area contributed by atoms with Crippen molar-refractivity contribution in [1.82, 2.24) is 34.7 Å². The lowest BCUT2D eigenvalue weighted by atomic mass is 10.1. The Morgan fingerprint density at radius 1 is 1.17 bits per heavy atom. The molecule has 0 spiro atoms. The number of nitrogens with one attached hydrogen (secondary N) is 1. The van der Waals surface area contributed by atoms with Crippen LogP contribution in [0.3, 0.4) is 0 Å².